The van der Waals surface area contributed by atoms with Crippen LogP contribution in [-0.2, 0) is 6.18 Å². The number of halogens is 3. The average molecular weight is 213 g/mol. The van der Waals surface area contributed by atoms with Gasteiger partial charge in [0, 0.05) is 6.20 Å². The topological polar surface area (TPSA) is 26.0 Å². The van der Waals surface area contributed by atoms with E-state index in [0.29, 0.717) is 0 Å². The van der Waals surface area contributed by atoms with Crippen molar-refractivity contribution in [1.82, 2.24) is 4.98 Å². The molecule has 0 fully saturated rings. The number of rotatable bonds is 1. The molecular formula is C10H6F3NO. The molecule has 0 aliphatic carbocycles. The smallest absolute Gasteiger partial charge is 0.418 e. The van der Waals surface area contributed by atoms with E-state index in [4.69, 9.17) is 4.42 Å². The van der Waals surface area contributed by atoms with E-state index in [1.165, 1.54) is 30.7 Å². The molecule has 0 saturated heterocycles. The monoisotopic (exact) mass is 213 g/mol. The number of hydrogen-bond acceptors (Lipinski definition) is 2. The lowest BCUT2D eigenvalue weighted by atomic mass is 10.1. The fourth-order valence-electron chi connectivity index (χ4n) is 1.24. The van der Waals surface area contributed by atoms with Gasteiger partial charge in [-0.15, -0.1) is 0 Å². The van der Waals surface area contributed by atoms with Crippen molar-refractivity contribution in [3.63, 3.8) is 0 Å². The normalized spacial score (nSPS) is 11.7. The van der Waals surface area contributed by atoms with Crippen molar-refractivity contribution in [2.24, 2.45) is 0 Å². The third-order valence-electron chi connectivity index (χ3n) is 1.87. The number of furan rings is 1. The molecule has 2 heterocycles. The molecule has 0 aliphatic heterocycles. The Bertz CT molecular complexity index is 448. The Morgan fingerprint density at radius 3 is 2.53 bits per heavy atom. The summed E-state index contributed by atoms with van der Waals surface area (Å²) in [5.74, 6) is 0.114. The number of hydrogen-bond donors (Lipinski definition) is 0. The second kappa shape index (κ2) is 3.42. The molecule has 0 N–H and O–H groups in total. The summed E-state index contributed by atoms with van der Waals surface area (Å²) in [7, 11) is 0. The summed E-state index contributed by atoms with van der Waals surface area (Å²) in [6.45, 7) is 0. The van der Waals surface area contributed by atoms with Gasteiger partial charge in [-0.2, -0.15) is 13.2 Å². The lowest BCUT2D eigenvalue weighted by molar-refractivity contribution is -0.137. The highest BCUT2D eigenvalue weighted by Crippen LogP contribution is 2.35. The molecule has 2 nitrogen and oxygen atoms in total. The Morgan fingerprint density at radius 1 is 1.13 bits per heavy atom. The Kier molecular flexibility index (Phi) is 2.22. The van der Waals surface area contributed by atoms with Crippen molar-refractivity contribution < 1.29 is 17.6 Å². The van der Waals surface area contributed by atoms with Crippen molar-refractivity contribution in [2.75, 3.05) is 0 Å². The molecule has 0 saturated carbocycles. The van der Waals surface area contributed by atoms with E-state index in [1.807, 2.05) is 0 Å². The standard InChI is InChI=1S/C10H6F3NO/c11-10(12,13)7-3-1-5-14-9(7)8-4-2-6-15-8/h1-6H. The first-order valence-corrected chi connectivity index (χ1v) is 4.15. The highest BCUT2D eigenvalue weighted by molar-refractivity contribution is 5.57. The van der Waals surface area contributed by atoms with E-state index in [-0.39, 0.29) is 11.5 Å². The van der Waals surface area contributed by atoms with Crippen LogP contribution in [0.1, 0.15) is 5.56 Å². The largest absolute Gasteiger partial charge is 0.463 e. The van der Waals surface area contributed by atoms with Crippen LogP contribution in [0.4, 0.5) is 13.2 Å². The lowest BCUT2D eigenvalue weighted by Gasteiger charge is -2.09. The summed E-state index contributed by atoms with van der Waals surface area (Å²) in [5.41, 5.74) is -0.977. The Hall–Kier alpha value is -1.78. The van der Waals surface area contributed by atoms with Gasteiger partial charge in [-0.05, 0) is 24.3 Å². The van der Waals surface area contributed by atoms with Crippen molar-refractivity contribution >= 4 is 0 Å². The second-order valence-corrected chi connectivity index (χ2v) is 2.87. The third-order valence-corrected chi connectivity index (χ3v) is 1.87. The number of aromatic nitrogens is 1. The van der Waals surface area contributed by atoms with Crippen LogP contribution in [0.3, 0.4) is 0 Å². The van der Waals surface area contributed by atoms with E-state index in [9.17, 15) is 13.2 Å². The third kappa shape index (κ3) is 1.86. The molecule has 0 spiro atoms. The molecule has 5 heteroatoms. The quantitative estimate of drug-likeness (QED) is 0.725. The Balaban J connectivity index is 2.58. The summed E-state index contributed by atoms with van der Waals surface area (Å²) in [6, 6.07) is 5.18. The van der Waals surface area contributed by atoms with E-state index >= 15 is 0 Å². The van der Waals surface area contributed by atoms with Crippen LogP contribution in [0.2, 0.25) is 0 Å². The summed E-state index contributed by atoms with van der Waals surface area (Å²) < 4.78 is 42.6. The molecule has 0 unspecified atom stereocenters. The van der Waals surface area contributed by atoms with Gasteiger partial charge in [-0.3, -0.25) is 4.98 Å². The van der Waals surface area contributed by atoms with Gasteiger partial charge < -0.3 is 4.42 Å². The maximum absolute atomic E-state index is 12.6. The molecule has 0 aromatic carbocycles. The van der Waals surface area contributed by atoms with Crippen LogP contribution in [0.15, 0.2) is 41.1 Å². The predicted molar refractivity (Wildman–Crippen MR) is 46.9 cm³/mol. The fraction of sp³-hybridized carbons (Fsp3) is 0.100. The maximum Gasteiger partial charge on any atom is 0.418 e. The zero-order valence-corrected chi connectivity index (χ0v) is 7.45. The molecule has 2 rings (SSSR count). The zero-order chi connectivity index (χ0) is 10.9. The van der Waals surface area contributed by atoms with E-state index in [2.05, 4.69) is 4.98 Å². The van der Waals surface area contributed by atoms with Gasteiger partial charge in [0.05, 0.1) is 11.8 Å². The molecule has 0 bridgehead atoms. The van der Waals surface area contributed by atoms with Crippen molar-refractivity contribution in [3.8, 4) is 11.5 Å². The van der Waals surface area contributed by atoms with E-state index in [1.54, 1.807) is 0 Å². The van der Waals surface area contributed by atoms with Gasteiger partial charge in [-0.25, -0.2) is 0 Å². The first-order chi connectivity index (χ1) is 7.09. The van der Waals surface area contributed by atoms with Crippen LogP contribution >= 0.6 is 0 Å². The van der Waals surface area contributed by atoms with Crippen LogP contribution in [0, 0.1) is 0 Å². The predicted octanol–water partition coefficient (Wildman–Crippen LogP) is 3.36. The van der Waals surface area contributed by atoms with Gasteiger partial charge >= 0.3 is 6.18 Å². The minimum atomic E-state index is -4.42. The summed E-state index contributed by atoms with van der Waals surface area (Å²) in [5, 5.41) is 0. The van der Waals surface area contributed by atoms with E-state index in [0.717, 1.165) is 6.07 Å². The number of alkyl halides is 3. The van der Waals surface area contributed by atoms with Crippen molar-refractivity contribution in [1.29, 1.82) is 0 Å². The average Bonchev–Trinajstić information content (AvgIpc) is 2.69. The molecule has 78 valence electrons. The minimum absolute atomic E-state index is 0.114. The number of pyridine rings is 1. The van der Waals surface area contributed by atoms with Crippen LogP contribution < -0.4 is 0 Å². The Morgan fingerprint density at radius 2 is 1.93 bits per heavy atom. The number of nitrogens with zero attached hydrogens (tertiary/aromatic N) is 1. The molecule has 0 atom stereocenters. The SMILES string of the molecule is FC(F)(F)c1cccnc1-c1ccco1. The first-order valence-electron chi connectivity index (χ1n) is 4.15. The molecule has 0 radical (unpaired) electrons. The second-order valence-electron chi connectivity index (χ2n) is 2.87. The van der Waals surface area contributed by atoms with Gasteiger partial charge in [-0.1, -0.05) is 0 Å². The molecule has 2 aromatic heterocycles. The molecule has 0 aliphatic rings. The maximum atomic E-state index is 12.6. The van der Waals surface area contributed by atoms with Crippen LogP contribution in [0.25, 0.3) is 11.5 Å². The van der Waals surface area contributed by atoms with Crippen molar-refractivity contribution in [2.45, 2.75) is 6.18 Å². The molecule has 0 amide bonds. The molecular weight excluding hydrogens is 207 g/mol. The Labute approximate surface area is 83.4 Å². The molecule has 2 aromatic rings. The zero-order valence-electron chi connectivity index (χ0n) is 7.45. The van der Waals surface area contributed by atoms with Gasteiger partial charge in [0.2, 0.25) is 0 Å². The highest BCUT2D eigenvalue weighted by Gasteiger charge is 2.34. The van der Waals surface area contributed by atoms with Gasteiger partial charge in [0.15, 0.2) is 5.76 Å². The molecule has 15 heavy (non-hydrogen) atoms. The van der Waals surface area contributed by atoms with Gasteiger partial charge in [0.1, 0.15) is 5.69 Å². The summed E-state index contributed by atoms with van der Waals surface area (Å²) in [4.78, 5) is 3.67. The van der Waals surface area contributed by atoms with Gasteiger partial charge in [0.25, 0.3) is 0 Å². The minimum Gasteiger partial charge on any atom is -0.463 e. The first kappa shape index (κ1) is 9.76. The van der Waals surface area contributed by atoms with Crippen LogP contribution in [0.5, 0.6) is 0 Å². The highest BCUT2D eigenvalue weighted by atomic mass is 19.4. The summed E-state index contributed by atoms with van der Waals surface area (Å²) in [6.07, 6.45) is -1.81. The fourth-order valence-corrected chi connectivity index (χ4v) is 1.24. The van der Waals surface area contributed by atoms with Crippen LogP contribution in [-0.4, -0.2) is 4.98 Å². The lowest BCUT2D eigenvalue weighted by Crippen LogP contribution is -2.07. The van der Waals surface area contributed by atoms with Crippen molar-refractivity contribution in [3.05, 3.63) is 42.3 Å². The van der Waals surface area contributed by atoms with E-state index < -0.39 is 11.7 Å². The summed E-state index contributed by atoms with van der Waals surface area (Å²) >= 11 is 0.